The Morgan fingerprint density at radius 1 is 1.19 bits per heavy atom. The third kappa shape index (κ3) is 3.79. The van der Waals surface area contributed by atoms with Gasteiger partial charge in [0.2, 0.25) is 5.91 Å². The highest BCUT2D eigenvalue weighted by atomic mass is 32.2. The van der Waals surface area contributed by atoms with Crippen molar-refractivity contribution in [2.45, 2.75) is 42.0 Å². The summed E-state index contributed by atoms with van der Waals surface area (Å²) in [6.45, 7) is 2.80. The topological polar surface area (TPSA) is 36.4 Å². The number of rotatable bonds is 4. The molecule has 0 saturated carbocycles. The maximum atomic E-state index is 13.5. The Bertz CT molecular complexity index is 734. The third-order valence-electron chi connectivity index (χ3n) is 5.44. The number of benzene rings is 1. The van der Waals surface area contributed by atoms with Gasteiger partial charge in [-0.15, -0.1) is 11.8 Å². The zero-order valence-electron chi connectivity index (χ0n) is 15.2. The van der Waals surface area contributed by atoms with Crippen LogP contribution in [0.1, 0.15) is 24.0 Å². The summed E-state index contributed by atoms with van der Waals surface area (Å²) >= 11 is 1.73. The smallest absolute Gasteiger partial charge is 0.236 e. The normalized spacial score (nSPS) is 20.7. The molecule has 1 aromatic heterocycles. The molecule has 0 bridgehead atoms. The molecule has 136 valence electrons. The van der Waals surface area contributed by atoms with E-state index in [1.54, 1.807) is 11.8 Å². The largest absolute Gasteiger partial charge is 0.334 e. The molecule has 4 rings (SSSR count). The Labute approximate surface area is 159 Å². The van der Waals surface area contributed by atoms with Crippen molar-refractivity contribution >= 4 is 17.7 Å². The number of hydrogen-bond acceptors (Lipinski definition) is 4. The van der Waals surface area contributed by atoms with Crippen LogP contribution < -0.4 is 0 Å². The van der Waals surface area contributed by atoms with E-state index in [0.29, 0.717) is 12.6 Å². The molecule has 1 saturated heterocycles. The van der Waals surface area contributed by atoms with E-state index >= 15 is 0 Å². The molecule has 0 unspecified atom stereocenters. The van der Waals surface area contributed by atoms with Crippen molar-refractivity contribution in [2.75, 3.05) is 20.1 Å². The summed E-state index contributed by atoms with van der Waals surface area (Å²) in [6, 6.07) is 12.8. The molecule has 0 N–H and O–H groups in total. The van der Waals surface area contributed by atoms with Crippen LogP contribution in [0, 0.1) is 0 Å². The highest BCUT2D eigenvalue weighted by molar-refractivity contribution is 8.01. The van der Waals surface area contributed by atoms with Crippen molar-refractivity contribution in [2.24, 2.45) is 0 Å². The molecule has 5 heteroatoms. The first-order chi connectivity index (χ1) is 12.7. The summed E-state index contributed by atoms with van der Waals surface area (Å²) in [6.07, 6.45) is 6.58. The number of pyridine rings is 1. The molecule has 1 atom stereocenters. The van der Waals surface area contributed by atoms with Crippen LogP contribution in [0.25, 0.3) is 0 Å². The van der Waals surface area contributed by atoms with Crippen molar-refractivity contribution in [3.8, 4) is 0 Å². The van der Waals surface area contributed by atoms with Crippen LogP contribution in [0.3, 0.4) is 0 Å². The van der Waals surface area contributed by atoms with Gasteiger partial charge in [0.05, 0.1) is 5.25 Å². The van der Waals surface area contributed by atoms with E-state index in [9.17, 15) is 4.79 Å². The second-order valence-corrected chi connectivity index (χ2v) is 8.52. The monoisotopic (exact) mass is 367 g/mol. The van der Waals surface area contributed by atoms with E-state index in [-0.39, 0.29) is 11.2 Å². The van der Waals surface area contributed by atoms with E-state index in [2.05, 4.69) is 46.1 Å². The number of carbonyl (C=O) groups is 1. The van der Waals surface area contributed by atoms with Gasteiger partial charge in [0.25, 0.3) is 0 Å². The second-order valence-electron chi connectivity index (χ2n) is 7.27. The van der Waals surface area contributed by atoms with Crippen LogP contribution in [0.4, 0.5) is 0 Å². The lowest BCUT2D eigenvalue weighted by atomic mass is 10.0. The van der Waals surface area contributed by atoms with Crippen LogP contribution in [0.2, 0.25) is 0 Å². The van der Waals surface area contributed by atoms with Crippen LogP contribution in [0.5, 0.6) is 0 Å². The number of thioether (sulfide) groups is 1. The molecule has 1 fully saturated rings. The first kappa shape index (κ1) is 17.6. The molecule has 4 nitrogen and oxygen atoms in total. The van der Waals surface area contributed by atoms with E-state index < -0.39 is 0 Å². The Morgan fingerprint density at radius 2 is 1.92 bits per heavy atom. The average Bonchev–Trinajstić information content (AvgIpc) is 3.11. The Balaban J connectivity index is 1.53. The zero-order chi connectivity index (χ0) is 17.9. The van der Waals surface area contributed by atoms with Gasteiger partial charge in [-0.1, -0.05) is 18.2 Å². The van der Waals surface area contributed by atoms with Gasteiger partial charge in [0.1, 0.15) is 0 Å². The standard InChI is InChI=1S/C21H25N3OS/c1-23-12-8-18(9-13-23)24(15-16-6-10-22-11-7-16)21(25)20-14-17-4-2-3-5-19(17)26-20/h2-7,10-11,18,20H,8-9,12-15H2,1H3/t20-/m1/s1. The van der Waals surface area contributed by atoms with E-state index in [1.807, 2.05) is 24.5 Å². The average molecular weight is 368 g/mol. The Hall–Kier alpha value is -1.85. The maximum absolute atomic E-state index is 13.5. The van der Waals surface area contributed by atoms with Crippen LogP contribution >= 0.6 is 11.8 Å². The van der Waals surface area contributed by atoms with Gasteiger partial charge in [0, 0.05) is 29.9 Å². The predicted molar refractivity (Wildman–Crippen MR) is 105 cm³/mol. The van der Waals surface area contributed by atoms with Gasteiger partial charge in [-0.05, 0) is 68.7 Å². The summed E-state index contributed by atoms with van der Waals surface area (Å²) in [5, 5.41) is 0.00823. The molecule has 1 aromatic carbocycles. The molecule has 0 radical (unpaired) electrons. The molecule has 2 aliphatic rings. The Morgan fingerprint density at radius 3 is 2.65 bits per heavy atom. The minimum absolute atomic E-state index is 0.00823. The first-order valence-electron chi connectivity index (χ1n) is 9.33. The lowest BCUT2D eigenvalue weighted by Gasteiger charge is -2.38. The van der Waals surface area contributed by atoms with Crippen molar-refractivity contribution in [3.63, 3.8) is 0 Å². The highest BCUT2D eigenvalue weighted by Gasteiger charge is 2.35. The summed E-state index contributed by atoms with van der Waals surface area (Å²) in [7, 11) is 2.16. The fraction of sp³-hybridized carbons (Fsp3) is 0.429. The summed E-state index contributed by atoms with van der Waals surface area (Å²) in [4.78, 5) is 23.3. The van der Waals surface area contributed by atoms with Crippen molar-refractivity contribution in [3.05, 3.63) is 59.9 Å². The number of carbonyl (C=O) groups excluding carboxylic acids is 1. The van der Waals surface area contributed by atoms with E-state index in [4.69, 9.17) is 0 Å². The molecule has 2 aliphatic heterocycles. The SMILES string of the molecule is CN1CCC(N(Cc2ccncc2)C(=O)[C@H]2Cc3ccccc3S2)CC1. The number of likely N-dealkylation sites (tertiary alicyclic amines) is 1. The van der Waals surface area contributed by atoms with Gasteiger partial charge in [-0.25, -0.2) is 0 Å². The summed E-state index contributed by atoms with van der Waals surface area (Å²) in [5.74, 6) is 0.289. The molecular weight excluding hydrogens is 342 g/mol. The number of hydrogen-bond donors (Lipinski definition) is 0. The molecule has 2 aromatic rings. The van der Waals surface area contributed by atoms with Crippen molar-refractivity contribution in [1.82, 2.24) is 14.8 Å². The molecule has 1 amide bonds. The second kappa shape index (κ2) is 7.80. The molecule has 0 aliphatic carbocycles. The molecule has 3 heterocycles. The summed E-state index contributed by atoms with van der Waals surface area (Å²) in [5.41, 5.74) is 2.47. The molecule has 26 heavy (non-hydrogen) atoms. The predicted octanol–water partition coefficient (Wildman–Crippen LogP) is 3.22. The fourth-order valence-corrected chi connectivity index (χ4v) is 5.15. The lowest BCUT2D eigenvalue weighted by Crippen LogP contribution is -2.48. The van der Waals surface area contributed by atoms with Crippen LogP contribution in [0.15, 0.2) is 53.7 Å². The van der Waals surface area contributed by atoms with Gasteiger partial charge >= 0.3 is 0 Å². The highest BCUT2D eigenvalue weighted by Crippen LogP contribution is 2.38. The fourth-order valence-electron chi connectivity index (χ4n) is 3.88. The van der Waals surface area contributed by atoms with Crippen LogP contribution in [-0.2, 0) is 17.8 Å². The number of piperidine rings is 1. The van der Waals surface area contributed by atoms with Gasteiger partial charge in [-0.2, -0.15) is 0 Å². The first-order valence-corrected chi connectivity index (χ1v) is 10.2. The maximum Gasteiger partial charge on any atom is 0.236 e. The number of nitrogens with zero attached hydrogens (tertiary/aromatic N) is 3. The number of amides is 1. The van der Waals surface area contributed by atoms with Crippen molar-refractivity contribution in [1.29, 1.82) is 0 Å². The molecular formula is C21H25N3OS. The minimum atomic E-state index is 0.00823. The zero-order valence-corrected chi connectivity index (χ0v) is 16.0. The minimum Gasteiger partial charge on any atom is -0.334 e. The Kier molecular flexibility index (Phi) is 5.27. The van der Waals surface area contributed by atoms with Crippen LogP contribution in [-0.4, -0.2) is 52.1 Å². The number of aromatic nitrogens is 1. The lowest BCUT2D eigenvalue weighted by molar-refractivity contribution is -0.134. The van der Waals surface area contributed by atoms with E-state index in [0.717, 1.165) is 37.9 Å². The summed E-state index contributed by atoms with van der Waals surface area (Å²) < 4.78 is 0. The van der Waals surface area contributed by atoms with Gasteiger partial charge < -0.3 is 9.80 Å². The number of fused-ring (bicyclic) bond motifs is 1. The van der Waals surface area contributed by atoms with Crippen molar-refractivity contribution < 1.29 is 4.79 Å². The molecule has 0 spiro atoms. The third-order valence-corrected chi connectivity index (χ3v) is 6.74. The van der Waals surface area contributed by atoms with E-state index in [1.165, 1.54) is 10.5 Å². The van der Waals surface area contributed by atoms with Gasteiger partial charge in [-0.3, -0.25) is 9.78 Å². The van der Waals surface area contributed by atoms with Gasteiger partial charge in [0.15, 0.2) is 0 Å². The quantitative estimate of drug-likeness (QED) is 0.831.